The van der Waals surface area contributed by atoms with E-state index in [9.17, 15) is 9.90 Å². The van der Waals surface area contributed by atoms with E-state index in [-0.39, 0.29) is 5.91 Å². The van der Waals surface area contributed by atoms with E-state index in [0.717, 1.165) is 18.5 Å². The van der Waals surface area contributed by atoms with Crippen molar-refractivity contribution in [2.75, 3.05) is 19.7 Å². The molecular formula is C17H21N3O3. The van der Waals surface area contributed by atoms with Crippen LogP contribution in [0.1, 0.15) is 36.0 Å². The fourth-order valence-corrected chi connectivity index (χ4v) is 3.71. The Balaban J connectivity index is 1.48. The number of aliphatic hydroxyl groups excluding tert-OH is 1. The highest BCUT2D eigenvalue weighted by atomic mass is 16.5. The second-order valence-corrected chi connectivity index (χ2v) is 6.47. The van der Waals surface area contributed by atoms with Crippen molar-refractivity contribution < 1.29 is 14.6 Å². The van der Waals surface area contributed by atoms with Gasteiger partial charge in [0.15, 0.2) is 0 Å². The SMILES string of the molecule is O=C(c1ccc2nccn2c1)N1CCC2(CC1)OCCC[C@@H]2O. The number of fused-ring (bicyclic) bond motifs is 1. The fraction of sp³-hybridized carbons (Fsp3) is 0.529. The maximum atomic E-state index is 12.7. The zero-order valence-corrected chi connectivity index (χ0v) is 13.0. The third-order valence-corrected chi connectivity index (χ3v) is 5.15. The summed E-state index contributed by atoms with van der Waals surface area (Å²) in [5.41, 5.74) is 1.05. The number of likely N-dealkylation sites (tertiary alicyclic amines) is 1. The molecule has 0 aliphatic carbocycles. The minimum Gasteiger partial charge on any atom is -0.390 e. The van der Waals surface area contributed by atoms with E-state index in [2.05, 4.69) is 4.98 Å². The van der Waals surface area contributed by atoms with E-state index in [1.54, 1.807) is 6.20 Å². The zero-order chi connectivity index (χ0) is 15.9. The largest absolute Gasteiger partial charge is 0.390 e. The van der Waals surface area contributed by atoms with Crippen LogP contribution in [-0.2, 0) is 4.74 Å². The molecule has 2 saturated heterocycles. The summed E-state index contributed by atoms with van der Waals surface area (Å²) < 4.78 is 7.75. The van der Waals surface area contributed by atoms with Gasteiger partial charge in [0.05, 0.1) is 17.3 Å². The Hall–Kier alpha value is -1.92. The molecule has 1 spiro atoms. The molecule has 1 atom stereocenters. The van der Waals surface area contributed by atoms with Gasteiger partial charge in [0.2, 0.25) is 0 Å². The molecule has 0 radical (unpaired) electrons. The van der Waals surface area contributed by atoms with Crippen molar-refractivity contribution in [2.24, 2.45) is 0 Å². The third kappa shape index (κ3) is 2.52. The molecular weight excluding hydrogens is 294 g/mol. The summed E-state index contributed by atoms with van der Waals surface area (Å²) in [4.78, 5) is 18.8. The predicted octanol–water partition coefficient (Wildman–Crippen LogP) is 1.48. The lowest BCUT2D eigenvalue weighted by Crippen LogP contribution is -2.56. The average Bonchev–Trinajstić information content (AvgIpc) is 3.05. The number of amides is 1. The van der Waals surface area contributed by atoms with Crippen LogP contribution < -0.4 is 0 Å². The first kappa shape index (κ1) is 14.7. The first-order chi connectivity index (χ1) is 11.2. The maximum absolute atomic E-state index is 12.7. The van der Waals surface area contributed by atoms with Gasteiger partial charge in [0.1, 0.15) is 5.65 Å². The predicted molar refractivity (Wildman–Crippen MR) is 84.3 cm³/mol. The average molecular weight is 315 g/mol. The molecule has 2 aromatic rings. The maximum Gasteiger partial charge on any atom is 0.255 e. The van der Waals surface area contributed by atoms with Gasteiger partial charge in [-0.05, 0) is 37.8 Å². The lowest BCUT2D eigenvalue weighted by Gasteiger charge is -2.46. The number of hydrogen-bond acceptors (Lipinski definition) is 4. The summed E-state index contributed by atoms with van der Waals surface area (Å²) in [6.45, 7) is 1.96. The van der Waals surface area contributed by atoms with Crippen LogP contribution in [0, 0.1) is 0 Å². The number of piperidine rings is 1. The molecule has 0 bridgehead atoms. The second kappa shape index (κ2) is 5.62. The number of nitrogens with zero attached hydrogens (tertiary/aromatic N) is 3. The van der Waals surface area contributed by atoms with Gasteiger partial charge < -0.3 is 19.1 Å². The fourth-order valence-electron chi connectivity index (χ4n) is 3.71. The molecule has 4 heterocycles. The highest BCUT2D eigenvalue weighted by Gasteiger charge is 2.44. The molecule has 2 aliphatic rings. The Morgan fingerprint density at radius 3 is 2.96 bits per heavy atom. The topological polar surface area (TPSA) is 67.1 Å². The Morgan fingerprint density at radius 2 is 2.17 bits per heavy atom. The van der Waals surface area contributed by atoms with Crippen molar-refractivity contribution in [1.82, 2.24) is 14.3 Å². The molecule has 4 rings (SSSR count). The van der Waals surface area contributed by atoms with Gasteiger partial charge in [0.25, 0.3) is 5.91 Å². The van der Waals surface area contributed by atoms with Crippen LogP contribution in [0.25, 0.3) is 5.65 Å². The molecule has 6 heteroatoms. The standard InChI is InChI=1S/C17H21N3O3/c21-14-2-1-11-23-17(14)5-8-19(9-6-17)16(22)13-3-4-15-18-7-10-20(15)12-13/h3-4,7,10,12,14,21H,1-2,5-6,8-9,11H2/t14-/m0/s1. The summed E-state index contributed by atoms with van der Waals surface area (Å²) in [5.74, 6) is 0.0285. The van der Waals surface area contributed by atoms with Gasteiger partial charge in [-0.2, -0.15) is 0 Å². The van der Waals surface area contributed by atoms with Gasteiger partial charge in [-0.15, -0.1) is 0 Å². The third-order valence-electron chi connectivity index (χ3n) is 5.15. The molecule has 2 aromatic heterocycles. The van der Waals surface area contributed by atoms with E-state index < -0.39 is 11.7 Å². The molecule has 0 aromatic carbocycles. The summed E-state index contributed by atoms with van der Waals surface area (Å²) >= 11 is 0. The first-order valence-electron chi connectivity index (χ1n) is 8.22. The Kier molecular flexibility index (Phi) is 3.58. The number of carbonyl (C=O) groups excluding carboxylic acids is 1. The number of rotatable bonds is 1. The number of pyridine rings is 1. The van der Waals surface area contributed by atoms with E-state index in [1.807, 2.05) is 33.8 Å². The number of ether oxygens (including phenoxy) is 1. The highest BCUT2D eigenvalue weighted by molar-refractivity contribution is 5.94. The quantitative estimate of drug-likeness (QED) is 0.865. The van der Waals surface area contributed by atoms with Crippen molar-refractivity contribution in [1.29, 1.82) is 0 Å². The summed E-state index contributed by atoms with van der Waals surface area (Å²) in [7, 11) is 0. The molecule has 23 heavy (non-hydrogen) atoms. The lowest BCUT2D eigenvalue weighted by molar-refractivity contribution is -0.174. The van der Waals surface area contributed by atoms with Crippen molar-refractivity contribution in [2.45, 2.75) is 37.4 Å². The van der Waals surface area contributed by atoms with Crippen LogP contribution in [0.4, 0.5) is 0 Å². The molecule has 2 fully saturated rings. The van der Waals surface area contributed by atoms with Crippen LogP contribution >= 0.6 is 0 Å². The molecule has 6 nitrogen and oxygen atoms in total. The second-order valence-electron chi connectivity index (χ2n) is 6.47. The summed E-state index contributed by atoms with van der Waals surface area (Å²) in [6, 6.07) is 3.67. The first-order valence-corrected chi connectivity index (χ1v) is 8.22. The van der Waals surface area contributed by atoms with Crippen molar-refractivity contribution in [3.05, 3.63) is 36.3 Å². The number of carbonyl (C=O) groups is 1. The van der Waals surface area contributed by atoms with Crippen LogP contribution in [0.5, 0.6) is 0 Å². The number of hydrogen-bond donors (Lipinski definition) is 1. The van der Waals surface area contributed by atoms with Gasteiger partial charge >= 0.3 is 0 Å². The number of aromatic nitrogens is 2. The van der Waals surface area contributed by atoms with E-state index in [1.165, 1.54) is 0 Å². The van der Waals surface area contributed by atoms with Crippen LogP contribution in [-0.4, -0.2) is 56.7 Å². The Bertz CT molecular complexity index is 719. The Morgan fingerprint density at radius 1 is 1.35 bits per heavy atom. The molecule has 122 valence electrons. The van der Waals surface area contributed by atoms with Gasteiger partial charge in [-0.3, -0.25) is 4.79 Å². The van der Waals surface area contributed by atoms with E-state index in [0.29, 0.717) is 38.1 Å². The van der Waals surface area contributed by atoms with Gasteiger partial charge in [-0.25, -0.2) is 4.98 Å². The lowest BCUT2D eigenvalue weighted by atomic mass is 9.82. The van der Waals surface area contributed by atoms with Gasteiger partial charge in [-0.1, -0.05) is 0 Å². The zero-order valence-electron chi connectivity index (χ0n) is 13.0. The molecule has 0 unspecified atom stereocenters. The summed E-state index contributed by atoms with van der Waals surface area (Å²) in [6.07, 6.45) is 8.08. The highest BCUT2D eigenvalue weighted by Crippen LogP contribution is 2.35. The molecule has 2 aliphatic heterocycles. The van der Waals surface area contributed by atoms with Crippen molar-refractivity contribution >= 4 is 11.6 Å². The van der Waals surface area contributed by atoms with Crippen LogP contribution in [0.2, 0.25) is 0 Å². The molecule has 1 N–H and O–H groups in total. The van der Waals surface area contributed by atoms with E-state index >= 15 is 0 Å². The molecule has 0 saturated carbocycles. The Labute approximate surface area is 134 Å². The van der Waals surface area contributed by atoms with Crippen molar-refractivity contribution in [3.8, 4) is 0 Å². The van der Waals surface area contributed by atoms with E-state index in [4.69, 9.17) is 4.74 Å². The van der Waals surface area contributed by atoms with Crippen molar-refractivity contribution in [3.63, 3.8) is 0 Å². The van der Waals surface area contributed by atoms with Gasteiger partial charge in [0, 0.05) is 38.3 Å². The minimum absolute atomic E-state index is 0.0285. The molecule has 1 amide bonds. The number of imidazole rings is 1. The normalized spacial score (nSPS) is 24.2. The van der Waals surface area contributed by atoms with Crippen LogP contribution in [0.3, 0.4) is 0 Å². The van der Waals surface area contributed by atoms with Crippen LogP contribution in [0.15, 0.2) is 30.7 Å². The monoisotopic (exact) mass is 315 g/mol. The summed E-state index contributed by atoms with van der Waals surface area (Å²) in [5, 5.41) is 10.3. The number of aliphatic hydroxyl groups is 1. The smallest absolute Gasteiger partial charge is 0.255 e. The minimum atomic E-state index is -0.441.